The van der Waals surface area contributed by atoms with E-state index in [1.165, 1.54) is 24.3 Å². The van der Waals surface area contributed by atoms with Gasteiger partial charge in [0.05, 0.1) is 11.8 Å². The quantitative estimate of drug-likeness (QED) is 0.408. The van der Waals surface area contributed by atoms with Crippen LogP contribution in [0.15, 0.2) is 54.6 Å². The number of carbonyl (C=O) groups is 1. The molecular formula is C28H27F4N5O2. The van der Waals surface area contributed by atoms with Crippen LogP contribution in [0.1, 0.15) is 42.4 Å². The van der Waals surface area contributed by atoms with Gasteiger partial charge in [-0.1, -0.05) is 24.3 Å². The number of amides is 2. The lowest BCUT2D eigenvalue weighted by Crippen LogP contribution is -2.51. The third-order valence-electron chi connectivity index (χ3n) is 7.41. The molecule has 7 nitrogen and oxygen atoms in total. The number of nitrogens with one attached hydrogen (secondary N) is 1. The highest BCUT2D eigenvalue weighted by atomic mass is 19.4. The van der Waals surface area contributed by atoms with E-state index in [4.69, 9.17) is 0 Å². The van der Waals surface area contributed by atoms with E-state index in [0.717, 1.165) is 11.3 Å². The Bertz CT molecular complexity index is 1340. The molecule has 1 N–H and O–H groups in total. The number of nitrogens with zero attached hydrogens (tertiary/aromatic N) is 4. The number of piperidine rings is 2. The van der Waals surface area contributed by atoms with Gasteiger partial charge in [0, 0.05) is 55.2 Å². The summed E-state index contributed by atoms with van der Waals surface area (Å²) in [5, 5.41) is 16.6. The van der Waals surface area contributed by atoms with Crippen molar-refractivity contribution >= 4 is 6.03 Å². The lowest BCUT2D eigenvalue weighted by molar-refractivity contribution is -0.274. The third kappa shape index (κ3) is 6.33. The number of likely N-dealkylation sites (tertiary alicyclic amines) is 2. The molecule has 2 amide bonds. The van der Waals surface area contributed by atoms with Gasteiger partial charge >= 0.3 is 12.4 Å². The summed E-state index contributed by atoms with van der Waals surface area (Å²) in [5.41, 5.74) is 2.78. The molecule has 3 aromatic rings. The van der Waals surface area contributed by atoms with Gasteiger partial charge in [-0.05, 0) is 55.2 Å². The van der Waals surface area contributed by atoms with Gasteiger partial charge in [0.25, 0.3) is 0 Å². The second-order valence-electron chi connectivity index (χ2n) is 10.0. The van der Waals surface area contributed by atoms with E-state index in [1.54, 1.807) is 34.1 Å². The average molecular weight is 542 g/mol. The Hall–Kier alpha value is -4.07. The fourth-order valence-corrected chi connectivity index (χ4v) is 5.41. The first-order valence-corrected chi connectivity index (χ1v) is 12.8. The van der Waals surface area contributed by atoms with Crippen molar-refractivity contribution in [2.24, 2.45) is 5.92 Å². The van der Waals surface area contributed by atoms with Crippen molar-refractivity contribution in [2.75, 3.05) is 26.2 Å². The van der Waals surface area contributed by atoms with E-state index >= 15 is 0 Å². The number of aromatic amines is 1. The van der Waals surface area contributed by atoms with E-state index in [0.29, 0.717) is 56.7 Å². The van der Waals surface area contributed by atoms with Crippen LogP contribution in [-0.4, -0.2) is 58.6 Å². The van der Waals surface area contributed by atoms with E-state index in [1.807, 2.05) is 6.07 Å². The Morgan fingerprint density at radius 2 is 1.74 bits per heavy atom. The third-order valence-corrected chi connectivity index (χ3v) is 7.41. The first-order valence-electron chi connectivity index (χ1n) is 12.8. The number of hydrogen-bond donors (Lipinski definition) is 1. The van der Waals surface area contributed by atoms with Crippen molar-refractivity contribution in [3.8, 4) is 23.1 Å². The molecule has 39 heavy (non-hydrogen) atoms. The van der Waals surface area contributed by atoms with Gasteiger partial charge in [-0.15, -0.1) is 13.2 Å². The maximum absolute atomic E-state index is 13.8. The molecule has 5 rings (SSSR count). The molecule has 11 heteroatoms. The standard InChI is InChI=1S/C28H27F4N5O2/c29-23-3-1-2-20(13-23)25-14-26(35-34-25)22-12-21(19-4-6-24(7-5-19)39-28(30,31)32)16-37(17-22)27(38)36-10-8-18(15-33)9-11-36/h1-7,13-14,18,21-22H,8-12,16-17H2,(H,34,35). The summed E-state index contributed by atoms with van der Waals surface area (Å²) < 4.78 is 55.7. The van der Waals surface area contributed by atoms with Crippen LogP contribution in [0.3, 0.4) is 0 Å². The van der Waals surface area contributed by atoms with Crippen molar-refractivity contribution in [1.29, 1.82) is 5.26 Å². The molecule has 204 valence electrons. The number of rotatable bonds is 4. The van der Waals surface area contributed by atoms with Crippen molar-refractivity contribution in [1.82, 2.24) is 20.0 Å². The van der Waals surface area contributed by atoms with Gasteiger partial charge in [0.15, 0.2) is 0 Å². The first kappa shape index (κ1) is 26.5. The lowest BCUT2D eigenvalue weighted by Gasteiger charge is -2.41. The smallest absolute Gasteiger partial charge is 0.406 e. The zero-order valence-corrected chi connectivity index (χ0v) is 21.0. The van der Waals surface area contributed by atoms with Crippen LogP contribution in [0, 0.1) is 23.1 Å². The number of urea groups is 1. The number of alkyl halides is 3. The number of halogens is 4. The van der Waals surface area contributed by atoms with E-state index in [2.05, 4.69) is 21.0 Å². The minimum Gasteiger partial charge on any atom is -0.406 e. The molecule has 0 bridgehead atoms. The molecule has 2 atom stereocenters. The fourth-order valence-electron chi connectivity index (χ4n) is 5.41. The normalized spacial score (nSPS) is 20.5. The summed E-state index contributed by atoms with van der Waals surface area (Å²) in [4.78, 5) is 17.1. The van der Waals surface area contributed by atoms with Gasteiger partial charge in [0.1, 0.15) is 11.6 Å². The number of H-pyrrole nitrogens is 1. The molecule has 3 heterocycles. The zero-order chi connectivity index (χ0) is 27.6. The highest BCUT2D eigenvalue weighted by Gasteiger charge is 2.36. The molecule has 2 aliphatic rings. The molecule has 0 saturated carbocycles. The summed E-state index contributed by atoms with van der Waals surface area (Å²) in [6.07, 6.45) is -2.90. The predicted molar refractivity (Wildman–Crippen MR) is 134 cm³/mol. The number of ether oxygens (including phenoxy) is 1. The maximum atomic E-state index is 13.8. The monoisotopic (exact) mass is 541 g/mol. The van der Waals surface area contributed by atoms with Gasteiger partial charge in [-0.2, -0.15) is 10.4 Å². The molecule has 2 unspecified atom stereocenters. The number of benzene rings is 2. The number of nitriles is 1. The number of hydrogen-bond acceptors (Lipinski definition) is 4. The van der Waals surface area contributed by atoms with Crippen LogP contribution < -0.4 is 4.74 Å². The zero-order valence-electron chi connectivity index (χ0n) is 21.0. The lowest BCUT2D eigenvalue weighted by atomic mass is 9.83. The van der Waals surface area contributed by atoms with Crippen molar-refractivity contribution < 1.29 is 27.1 Å². The van der Waals surface area contributed by atoms with Crippen molar-refractivity contribution in [3.05, 3.63) is 71.7 Å². The Morgan fingerprint density at radius 3 is 2.41 bits per heavy atom. The minimum atomic E-state index is -4.78. The Kier molecular flexibility index (Phi) is 7.46. The van der Waals surface area contributed by atoms with E-state index in [9.17, 15) is 27.6 Å². The Morgan fingerprint density at radius 1 is 1.03 bits per heavy atom. The predicted octanol–water partition coefficient (Wildman–Crippen LogP) is 6.04. The summed E-state index contributed by atoms with van der Waals surface area (Å²) in [6, 6.07) is 15.9. The summed E-state index contributed by atoms with van der Waals surface area (Å²) in [6.45, 7) is 1.83. The summed E-state index contributed by atoms with van der Waals surface area (Å²) >= 11 is 0. The van der Waals surface area contributed by atoms with Crippen LogP contribution >= 0.6 is 0 Å². The second-order valence-corrected chi connectivity index (χ2v) is 10.0. The Labute approximate surface area is 223 Å². The molecule has 2 aliphatic heterocycles. The molecule has 2 fully saturated rings. The summed E-state index contributed by atoms with van der Waals surface area (Å²) in [7, 11) is 0. The van der Waals surface area contributed by atoms with Crippen molar-refractivity contribution in [2.45, 2.75) is 37.5 Å². The van der Waals surface area contributed by atoms with Crippen LogP contribution in [-0.2, 0) is 0 Å². The summed E-state index contributed by atoms with van der Waals surface area (Å²) in [5.74, 6) is -1.01. The van der Waals surface area contributed by atoms with E-state index < -0.39 is 6.36 Å². The second kappa shape index (κ2) is 11.0. The number of aromatic nitrogens is 2. The highest BCUT2D eigenvalue weighted by molar-refractivity contribution is 5.75. The minimum absolute atomic E-state index is 0.0560. The van der Waals surface area contributed by atoms with E-state index in [-0.39, 0.29) is 35.4 Å². The van der Waals surface area contributed by atoms with Crippen LogP contribution in [0.5, 0.6) is 5.75 Å². The van der Waals surface area contributed by atoms with Crippen molar-refractivity contribution in [3.63, 3.8) is 0 Å². The molecule has 2 aromatic carbocycles. The SMILES string of the molecule is N#CC1CCN(C(=O)N2CC(c3ccc(OC(F)(F)F)cc3)CC(c3cc(-c4cccc(F)c4)n[nH]3)C2)CC1. The first-order chi connectivity index (χ1) is 18.7. The molecule has 0 spiro atoms. The largest absolute Gasteiger partial charge is 0.573 e. The molecule has 1 aromatic heterocycles. The number of carbonyl (C=O) groups excluding carboxylic acids is 1. The highest BCUT2D eigenvalue weighted by Crippen LogP contribution is 2.38. The molecule has 0 aliphatic carbocycles. The average Bonchev–Trinajstić information content (AvgIpc) is 3.43. The molecular weight excluding hydrogens is 514 g/mol. The topological polar surface area (TPSA) is 85.2 Å². The molecule has 0 radical (unpaired) electrons. The van der Waals surface area contributed by atoms with Gasteiger partial charge in [-0.3, -0.25) is 5.10 Å². The Balaban J connectivity index is 1.39. The van der Waals surface area contributed by atoms with Gasteiger partial charge in [-0.25, -0.2) is 9.18 Å². The van der Waals surface area contributed by atoms with Crippen LogP contribution in [0.2, 0.25) is 0 Å². The fraction of sp³-hybridized carbons (Fsp3) is 0.393. The molecule has 2 saturated heterocycles. The van der Waals surface area contributed by atoms with Crippen LogP contribution in [0.4, 0.5) is 22.4 Å². The maximum Gasteiger partial charge on any atom is 0.573 e. The van der Waals surface area contributed by atoms with Gasteiger partial charge in [0.2, 0.25) is 0 Å². The van der Waals surface area contributed by atoms with Crippen LogP contribution in [0.25, 0.3) is 11.3 Å². The van der Waals surface area contributed by atoms with Gasteiger partial charge < -0.3 is 14.5 Å².